The Hall–Kier alpha value is -3.62. The van der Waals surface area contributed by atoms with E-state index >= 15 is 0 Å². The van der Waals surface area contributed by atoms with Crippen molar-refractivity contribution in [3.63, 3.8) is 0 Å². The van der Waals surface area contributed by atoms with E-state index in [2.05, 4.69) is 20.1 Å². The van der Waals surface area contributed by atoms with Gasteiger partial charge in [-0.25, -0.2) is 9.67 Å². The number of halogens is 1. The standard InChI is InChI=1S/C24H18ClN5O2S/c25-18-8-9-21(32-14-16-5-4-10-26-12-16)17(11-18)15-33-24-28-22-20(23(31)29-24)13-27-30(22)19-6-2-1-3-7-19/h1-13H,14-15H2,(H,28,29,31). The Morgan fingerprint density at radius 2 is 1.94 bits per heavy atom. The fraction of sp³-hybridized carbons (Fsp3) is 0.0833. The number of H-pyrrole nitrogens is 1. The second kappa shape index (κ2) is 9.48. The number of aromatic nitrogens is 5. The summed E-state index contributed by atoms with van der Waals surface area (Å²) in [6, 6.07) is 18.9. The molecular weight excluding hydrogens is 458 g/mol. The number of hydrogen-bond donors (Lipinski definition) is 1. The molecular formula is C24H18ClN5O2S. The van der Waals surface area contributed by atoms with Crippen molar-refractivity contribution in [1.82, 2.24) is 24.7 Å². The summed E-state index contributed by atoms with van der Waals surface area (Å²) >= 11 is 7.63. The topological polar surface area (TPSA) is 85.7 Å². The molecule has 1 N–H and O–H groups in total. The van der Waals surface area contributed by atoms with Crippen molar-refractivity contribution >= 4 is 34.4 Å². The smallest absolute Gasteiger partial charge is 0.262 e. The number of nitrogens with zero attached hydrogens (tertiary/aromatic N) is 4. The van der Waals surface area contributed by atoms with Crippen molar-refractivity contribution < 1.29 is 4.74 Å². The summed E-state index contributed by atoms with van der Waals surface area (Å²) in [6.07, 6.45) is 5.02. The molecule has 0 radical (unpaired) electrons. The minimum Gasteiger partial charge on any atom is -0.489 e. The molecule has 164 valence electrons. The Bertz CT molecular complexity index is 1450. The van der Waals surface area contributed by atoms with Crippen LogP contribution in [0.1, 0.15) is 11.1 Å². The maximum Gasteiger partial charge on any atom is 0.262 e. The highest BCUT2D eigenvalue weighted by Gasteiger charge is 2.13. The molecule has 3 heterocycles. The average molecular weight is 476 g/mol. The summed E-state index contributed by atoms with van der Waals surface area (Å²) < 4.78 is 7.67. The summed E-state index contributed by atoms with van der Waals surface area (Å²) in [7, 11) is 0. The van der Waals surface area contributed by atoms with E-state index in [1.165, 1.54) is 18.0 Å². The molecule has 0 fully saturated rings. The highest BCUT2D eigenvalue weighted by atomic mass is 35.5. The molecule has 9 heteroatoms. The first-order valence-electron chi connectivity index (χ1n) is 10.1. The van der Waals surface area contributed by atoms with Gasteiger partial charge < -0.3 is 9.72 Å². The number of benzene rings is 2. The normalized spacial score (nSPS) is 11.1. The van der Waals surface area contributed by atoms with Gasteiger partial charge in [0, 0.05) is 34.3 Å². The number of fused-ring (bicyclic) bond motifs is 1. The first-order chi connectivity index (χ1) is 16.2. The maximum absolute atomic E-state index is 12.6. The molecule has 0 saturated carbocycles. The van der Waals surface area contributed by atoms with Crippen molar-refractivity contribution in [1.29, 1.82) is 0 Å². The molecule has 0 atom stereocenters. The van der Waals surface area contributed by atoms with Crippen LogP contribution in [0.25, 0.3) is 16.7 Å². The van der Waals surface area contributed by atoms with Gasteiger partial charge in [-0.05, 0) is 36.4 Å². The van der Waals surface area contributed by atoms with Gasteiger partial charge in [-0.1, -0.05) is 47.6 Å². The molecule has 0 bridgehead atoms. The van der Waals surface area contributed by atoms with Gasteiger partial charge in [-0.15, -0.1) is 0 Å². The molecule has 0 saturated heterocycles. The average Bonchev–Trinajstić information content (AvgIpc) is 3.28. The van der Waals surface area contributed by atoms with E-state index < -0.39 is 0 Å². The molecule has 0 spiro atoms. The molecule has 0 unspecified atom stereocenters. The number of ether oxygens (including phenoxy) is 1. The van der Waals surface area contributed by atoms with Gasteiger partial charge in [0.15, 0.2) is 10.8 Å². The number of hydrogen-bond acceptors (Lipinski definition) is 6. The lowest BCUT2D eigenvalue weighted by atomic mass is 10.2. The molecule has 0 aliphatic heterocycles. The number of thioether (sulfide) groups is 1. The molecule has 2 aromatic carbocycles. The largest absolute Gasteiger partial charge is 0.489 e. The van der Waals surface area contributed by atoms with Crippen molar-refractivity contribution in [2.45, 2.75) is 17.5 Å². The molecule has 5 rings (SSSR count). The predicted octanol–water partition coefficient (Wildman–Crippen LogP) is 5.03. The van der Waals surface area contributed by atoms with Crippen LogP contribution >= 0.6 is 23.4 Å². The number of nitrogens with one attached hydrogen (secondary N) is 1. The predicted molar refractivity (Wildman–Crippen MR) is 129 cm³/mol. The van der Waals surface area contributed by atoms with Crippen LogP contribution in [0.2, 0.25) is 5.02 Å². The molecule has 3 aromatic heterocycles. The lowest BCUT2D eigenvalue weighted by molar-refractivity contribution is 0.303. The first kappa shape index (κ1) is 21.2. The third-order valence-corrected chi connectivity index (χ3v) is 6.08. The van der Waals surface area contributed by atoms with Crippen molar-refractivity contribution in [2.75, 3.05) is 0 Å². The summed E-state index contributed by atoms with van der Waals surface area (Å²) in [4.78, 5) is 24.2. The van der Waals surface area contributed by atoms with E-state index in [0.717, 1.165) is 16.8 Å². The monoisotopic (exact) mass is 475 g/mol. The van der Waals surface area contributed by atoms with Crippen molar-refractivity contribution in [3.05, 3.63) is 106 Å². The summed E-state index contributed by atoms with van der Waals surface area (Å²) in [5.41, 5.74) is 2.98. The van der Waals surface area contributed by atoms with Gasteiger partial charge in [0.1, 0.15) is 17.7 Å². The van der Waals surface area contributed by atoms with Crippen LogP contribution in [0.3, 0.4) is 0 Å². The fourth-order valence-electron chi connectivity index (χ4n) is 3.32. The highest BCUT2D eigenvalue weighted by Crippen LogP contribution is 2.30. The van der Waals surface area contributed by atoms with Gasteiger partial charge in [0.05, 0.1) is 11.9 Å². The third kappa shape index (κ3) is 4.76. The van der Waals surface area contributed by atoms with E-state index in [1.807, 2.05) is 54.6 Å². The SMILES string of the molecule is O=c1[nH]c(SCc2cc(Cl)ccc2OCc2cccnc2)nc2c1cnn2-c1ccccc1. The number of rotatable bonds is 7. The van der Waals surface area contributed by atoms with Crippen LogP contribution in [0.4, 0.5) is 0 Å². The Kier molecular flexibility index (Phi) is 6.10. The van der Waals surface area contributed by atoms with E-state index in [-0.39, 0.29) is 5.56 Å². The molecule has 5 aromatic rings. The van der Waals surface area contributed by atoms with Gasteiger partial charge >= 0.3 is 0 Å². The third-order valence-electron chi connectivity index (χ3n) is 4.92. The number of aromatic amines is 1. The zero-order chi connectivity index (χ0) is 22.6. The lowest BCUT2D eigenvalue weighted by Crippen LogP contribution is -2.09. The zero-order valence-electron chi connectivity index (χ0n) is 17.3. The molecule has 0 aliphatic rings. The van der Waals surface area contributed by atoms with E-state index in [1.54, 1.807) is 23.1 Å². The quantitative estimate of drug-likeness (QED) is 0.262. The molecule has 0 amide bonds. The Balaban J connectivity index is 1.40. The summed E-state index contributed by atoms with van der Waals surface area (Å²) in [5, 5.41) is 5.88. The van der Waals surface area contributed by atoms with Gasteiger partial charge in [-0.3, -0.25) is 9.78 Å². The van der Waals surface area contributed by atoms with Crippen LogP contribution in [0.5, 0.6) is 5.75 Å². The van der Waals surface area contributed by atoms with Crippen LogP contribution in [0.15, 0.2) is 89.2 Å². The van der Waals surface area contributed by atoms with Gasteiger partial charge in [-0.2, -0.15) is 5.10 Å². The van der Waals surface area contributed by atoms with Crippen LogP contribution < -0.4 is 10.3 Å². The van der Waals surface area contributed by atoms with Gasteiger partial charge in [0.2, 0.25) is 0 Å². The Morgan fingerprint density at radius 1 is 1.06 bits per heavy atom. The summed E-state index contributed by atoms with van der Waals surface area (Å²) in [5.74, 6) is 1.23. The second-order valence-electron chi connectivity index (χ2n) is 7.19. The fourth-order valence-corrected chi connectivity index (χ4v) is 4.35. The molecule has 7 nitrogen and oxygen atoms in total. The maximum atomic E-state index is 12.6. The number of para-hydroxylation sites is 1. The lowest BCUT2D eigenvalue weighted by Gasteiger charge is -2.12. The van der Waals surface area contributed by atoms with Crippen LogP contribution in [-0.2, 0) is 12.4 Å². The van der Waals surface area contributed by atoms with Gasteiger partial charge in [0.25, 0.3) is 5.56 Å². The van der Waals surface area contributed by atoms with Crippen LogP contribution in [-0.4, -0.2) is 24.7 Å². The minimum atomic E-state index is -0.233. The number of pyridine rings is 1. The highest BCUT2D eigenvalue weighted by molar-refractivity contribution is 7.98. The van der Waals surface area contributed by atoms with Crippen LogP contribution in [0, 0.1) is 0 Å². The van der Waals surface area contributed by atoms with Crippen molar-refractivity contribution in [3.8, 4) is 11.4 Å². The summed E-state index contributed by atoms with van der Waals surface area (Å²) in [6.45, 7) is 0.393. The van der Waals surface area contributed by atoms with E-state index in [0.29, 0.717) is 39.3 Å². The van der Waals surface area contributed by atoms with E-state index in [4.69, 9.17) is 16.3 Å². The second-order valence-corrected chi connectivity index (χ2v) is 8.59. The van der Waals surface area contributed by atoms with Crippen molar-refractivity contribution in [2.24, 2.45) is 0 Å². The molecule has 0 aliphatic carbocycles. The zero-order valence-corrected chi connectivity index (χ0v) is 18.9. The minimum absolute atomic E-state index is 0.233. The Morgan fingerprint density at radius 3 is 2.76 bits per heavy atom. The first-order valence-corrected chi connectivity index (χ1v) is 11.5. The molecule has 33 heavy (non-hydrogen) atoms. The Labute approximate surface area is 198 Å². The van der Waals surface area contributed by atoms with E-state index in [9.17, 15) is 4.79 Å².